The van der Waals surface area contributed by atoms with E-state index in [1.54, 1.807) is 6.08 Å². The van der Waals surface area contributed by atoms with E-state index in [1.807, 2.05) is 6.92 Å². The quantitative estimate of drug-likeness (QED) is 0.352. The molecular formula is C11H18O7. The van der Waals surface area contributed by atoms with Gasteiger partial charge in [-0.25, -0.2) is 4.79 Å². The standard InChI is InChI=1S/C11H18O7/c1-2-3-4-7(13)18-11-10(16)9(15)8(14)6(5-12)17-11/h3-4,6,8-12,14-16H,2,5H2,1H3/b4-3+/t6-,8+,9+,10-,11-/m1/s1. The second-order valence-electron chi connectivity index (χ2n) is 3.94. The molecule has 1 rings (SSSR count). The van der Waals surface area contributed by atoms with E-state index in [0.717, 1.165) is 0 Å². The molecule has 0 bridgehead atoms. The van der Waals surface area contributed by atoms with E-state index >= 15 is 0 Å². The monoisotopic (exact) mass is 262 g/mol. The van der Waals surface area contributed by atoms with Crippen molar-refractivity contribution in [3.8, 4) is 0 Å². The van der Waals surface area contributed by atoms with Gasteiger partial charge < -0.3 is 29.9 Å². The van der Waals surface area contributed by atoms with Gasteiger partial charge in [0, 0.05) is 6.08 Å². The summed E-state index contributed by atoms with van der Waals surface area (Å²) >= 11 is 0. The number of aliphatic hydroxyl groups is 4. The molecule has 7 nitrogen and oxygen atoms in total. The average Bonchev–Trinajstić information content (AvgIpc) is 2.37. The normalized spacial score (nSPS) is 36.8. The van der Waals surface area contributed by atoms with Crippen molar-refractivity contribution in [3.05, 3.63) is 12.2 Å². The van der Waals surface area contributed by atoms with Crippen LogP contribution in [0.1, 0.15) is 13.3 Å². The summed E-state index contributed by atoms with van der Waals surface area (Å²) in [6.07, 6.45) is -3.72. The zero-order valence-corrected chi connectivity index (χ0v) is 9.97. The van der Waals surface area contributed by atoms with Gasteiger partial charge in [0.05, 0.1) is 6.61 Å². The summed E-state index contributed by atoms with van der Waals surface area (Å²) in [5.74, 6) is -0.735. The first-order valence-electron chi connectivity index (χ1n) is 5.69. The minimum absolute atomic E-state index is 0.566. The summed E-state index contributed by atoms with van der Waals surface area (Å²) in [5, 5.41) is 37.5. The zero-order valence-electron chi connectivity index (χ0n) is 9.97. The second-order valence-corrected chi connectivity index (χ2v) is 3.94. The van der Waals surface area contributed by atoms with Crippen LogP contribution in [0.25, 0.3) is 0 Å². The van der Waals surface area contributed by atoms with Gasteiger partial charge in [-0.2, -0.15) is 0 Å². The van der Waals surface area contributed by atoms with Crippen LogP contribution in [0.3, 0.4) is 0 Å². The number of carbonyl (C=O) groups is 1. The smallest absolute Gasteiger partial charge is 0.332 e. The van der Waals surface area contributed by atoms with Crippen molar-refractivity contribution in [2.24, 2.45) is 0 Å². The Kier molecular flexibility index (Phi) is 5.70. The zero-order chi connectivity index (χ0) is 13.7. The van der Waals surface area contributed by atoms with Crippen LogP contribution in [-0.2, 0) is 14.3 Å². The molecule has 5 atom stereocenters. The lowest BCUT2D eigenvalue weighted by Crippen LogP contribution is -2.59. The predicted molar refractivity (Wildman–Crippen MR) is 59.3 cm³/mol. The highest BCUT2D eigenvalue weighted by atomic mass is 16.7. The number of allylic oxidation sites excluding steroid dienone is 1. The lowest BCUT2D eigenvalue weighted by atomic mass is 9.99. The number of aliphatic hydroxyl groups excluding tert-OH is 4. The molecule has 0 amide bonds. The summed E-state index contributed by atoms with van der Waals surface area (Å²) in [6.45, 7) is 1.27. The number of hydrogen-bond acceptors (Lipinski definition) is 7. The van der Waals surface area contributed by atoms with Crippen LogP contribution in [0.15, 0.2) is 12.2 Å². The molecule has 1 heterocycles. The van der Waals surface area contributed by atoms with Crippen molar-refractivity contribution in [1.29, 1.82) is 0 Å². The first-order chi connectivity index (χ1) is 8.51. The van der Waals surface area contributed by atoms with Gasteiger partial charge in [-0.15, -0.1) is 0 Å². The summed E-state index contributed by atoms with van der Waals surface area (Å²) in [7, 11) is 0. The molecule has 0 spiro atoms. The molecule has 0 aromatic heterocycles. The molecule has 1 aliphatic heterocycles. The Morgan fingerprint density at radius 1 is 1.28 bits per heavy atom. The van der Waals surface area contributed by atoms with E-state index in [2.05, 4.69) is 0 Å². The van der Waals surface area contributed by atoms with Gasteiger partial charge in [0.2, 0.25) is 6.29 Å². The Morgan fingerprint density at radius 3 is 2.50 bits per heavy atom. The van der Waals surface area contributed by atoms with E-state index in [0.29, 0.717) is 6.42 Å². The predicted octanol–water partition coefficient (Wildman–Crippen LogP) is -1.70. The van der Waals surface area contributed by atoms with E-state index in [4.69, 9.17) is 14.6 Å². The highest BCUT2D eigenvalue weighted by Crippen LogP contribution is 2.22. The van der Waals surface area contributed by atoms with E-state index in [-0.39, 0.29) is 0 Å². The van der Waals surface area contributed by atoms with E-state index in [1.165, 1.54) is 6.08 Å². The third-order valence-electron chi connectivity index (χ3n) is 2.57. The summed E-state index contributed by atoms with van der Waals surface area (Å²) in [4.78, 5) is 11.3. The molecule has 0 aromatic carbocycles. The maximum atomic E-state index is 11.3. The Labute approximate surface area is 104 Å². The van der Waals surface area contributed by atoms with Gasteiger partial charge in [0.15, 0.2) is 0 Å². The van der Waals surface area contributed by atoms with Crippen LogP contribution in [0.2, 0.25) is 0 Å². The molecule has 0 aliphatic carbocycles. The van der Waals surface area contributed by atoms with E-state index in [9.17, 15) is 20.1 Å². The summed E-state index contributed by atoms with van der Waals surface area (Å²) in [5.41, 5.74) is 0. The van der Waals surface area contributed by atoms with Crippen LogP contribution < -0.4 is 0 Å². The second kappa shape index (κ2) is 6.81. The van der Waals surface area contributed by atoms with Gasteiger partial charge >= 0.3 is 5.97 Å². The van der Waals surface area contributed by atoms with Crippen molar-refractivity contribution in [1.82, 2.24) is 0 Å². The third kappa shape index (κ3) is 3.50. The number of rotatable bonds is 4. The summed E-state index contributed by atoms with van der Waals surface area (Å²) < 4.78 is 9.77. The molecule has 1 aliphatic rings. The lowest BCUT2D eigenvalue weighted by Gasteiger charge is -2.38. The number of esters is 1. The SMILES string of the molecule is CC/C=C/C(=O)O[C@H]1O[C@H](CO)[C@H](O)[C@H](O)[C@H]1O. The topological polar surface area (TPSA) is 116 Å². The van der Waals surface area contributed by atoms with Gasteiger partial charge in [-0.05, 0) is 6.42 Å². The average molecular weight is 262 g/mol. The molecule has 18 heavy (non-hydrogen) atoms. The Morgan fingerprint density at radius 2 is 1.94 bits per heavy atom. The Balaban J connectivity index is 2.64. The van der Waals surface area contributed by atoms with Crippen LogP contribution >= 0.6 is 0 Å². The first kappa shape index (κ1) is 15.1. The fraction of sp³-hybridized carbons (Fsp3) is 0.727. The van der Waals surface area contributed by atoms with Crippen molar-refractivity contribution in [2.75, 3.05) is 6.61 Å². The maximum absolute atomic E-state index is 11.3. The molecule has 104 valence electrons. The van der Waals surface area contributed by atoms with Crippen molar-refractivity contribution in [2.45, 2.75) is 44.1 Å². The minimum atomic E-state index is -1.57. The van der Waals surface area contributed by atoms with Crippen molar-refractivity contribution >= 4 is 5.97 Å². The summed E-state index contributed by atoms with van der Waals surface area (Å²) in [6, 6.07) is 0. The Hall–Kier alpha value is -0.990. The Bertz CT molecular complexity index is 302. The van der Waals surface area contributed by atoms with Gasteiger partial charge in [-0.3, -0.25) is 0 Å². The number of ether oxygens (including phenoxy) is 2. The van der Waals surface area contributed by atoms with Gasteiger partial charge in [-0.1, -0.05) is 13.0 Å². The molecule has 7 heteroatoms. The van der Waals surface area contributed by atoms with Crippen molar-refractivity contribution in [3.63, 3.8) is 0 Å². The lowest BCUT2D eigenvalue weighted by molar-refractivity contribution is -0.291. The van der Waals surface area contributed by atoms with Gasteiger partial charge in [0.25, 0.3) is 0 Å². The highest BCUT2D eigenvalue weighted by molar-refractivity contribution is 5.81. The number of carbonyl (C=O) groups excluding carboxylic acids is 1. The minimum Gasteiger partial charge on any atom is -0.430 e. The molecular weight excluding hydrogens is 244 g/mol. The van der Waals surface area contributed by atoms with Crippen LogP contribution in [0, 0.1) is 0 Å². The molecule has 1 fully saturated rings. The highest BCUT2D eigenvalue weighted by Gasteiger charge is 2.45. The maximum Gasteiger partial charge on any atom is 0.332 e. The molecule has 4 N–H and O–H groups in total. The van der Waals surface area contributed by atoms with Crippen molar-refractivity contribution < 1.29 is 34.7 Å². The fourth-order valence-electron chi connectivity index (χ4n) is 1.53. The largest absolute Gasteiger partial charge is 0.430 e. The van der Waals surface area contributed by atoms with Gasteiger partial charge in [0.1, 0.15) is 24.4 Å². The van der Waals surface area contributed by atoms with Crippen LogP contribution in [0.4, 0.5) is 0 Å². The third-order valence-corrected chi connectivity index (χ3v) is 2.57. The first-order valence-corrected chi connectivity index (χ1v) is 5.69. The molecule has 0 radical (unpaired) electrons. The molecule has 0 saturated carbocycles. The van der Waals surface area contributed by atoms with E-state index < -0.39 is 43.3 Å². The fourth-order valence-corrected chi connectivity index (χ4v) is 1.53. The molecule has 1 saturated heterocycles. The molecule has 0 aromatic rings. The number of hydrogen-bond donors (Lipinski definition) is 4. The van der Waals surface area contributed by atoms with Crippen LogP contribution in [0.5, 0.6) is 0 Å². The van der Waals surface area contributed by atoms with Crippen LogP contribution in [-0.4, -0.2) is 63.7 Å². The molecule has 0 unspecified atom stereocenters.